The summed E-state index contributed by atoms with van der Waals surface area (Å²) in [5, 5.41) is 6.62. The molecule has 1 aromatic heterocycles. The number of carbonyl (C=O) groups excluding carboxylic acids is 1. The molecule has 0 aromatic carbocycles. The van der Waals surface area contributed by atoms with E-state index in [1.165, 1.54) is 0 Å². The van der Waals surface area contributed by atoms with E-state index in [9.17, 15) is 4.79 Å². The summed E-state index contributed by atoms with van der Waals surface area (Å²) in [5.74, 6) is 0.176. The predicted octanol–water partition coefficient (Wildman–Crippen LogP) is -0.922. The summed E-state index contributed by atoms with van der Waals surface area (Å²) in [5.41, 5.74) is 6.05. The Bertz CT molecular complexity index is 346. The molecule has 0 radical (unpaired) electrons. The predicted molar refractivity (Wildman–Crippen MR) is 45.3 cm³/mol. The number of nitrogens with two attached hydrogens (primary N) is 1. The summed E-state index contributed by atoms with van der Waals surface area (Å²) in [6.07, 6.45) is 1.67. The van der Waals surface area contributed by atoms with Crippen molar-refractivity contribution in [3.63, 3.8) is 0 Å². The van der Waals surface area contributed by atoms with Crippen molar-refractivity contribution < 1.29 is 9.53 Å². The fourth-order valence-electron chi connectivity index (χ4n) is 1.13. The van der Waals surface area contributed by atoms with Crippen LogP contribution >= 0.6 is 0 Å². The maximum Gasteiger partial charge on any atom is 0.256 e. The molecule has 3 N–H and O–H groups in total. The van der Waals surface area contributed by atoms with E-state index in [0.717, 1.165) is 0 Å². The maximum absolute atomic E-state index is 11.2. The summed E-state index contributed by atoms with van der Waals surface area (Å²) in [7, 11) is 1.75. The zero-order valence-corrected chi connectivity index (χ0v) is 7.15. The number of fused-ring (bicyclic) bond motifs is 1. The molecule has 1 aromatic rings. The first-order chi connectivity index (χ1) is 6.16. The molecule has 2 heterocycles. The van der Waals surface area contributed by atoms with E-state index in [0.29, 0.717) is 11.6 Å². The lowest BCUT2D eigenvalue weighted by atomic mass is 10.3. The number of hydrogen-bond acceptors (Lipinski definition) is 4. The molecule has 13 heavy (non-hydrogen) atoms. The van der Waals surface area contributed by atoms with Gasteiger partial charge in [0.2, 0.25) is 5.91 Å². The minimum atomic E-state index is -0.625. The molecule has 1 amide bonds. The summed E-state index contributed by atoms with van der Waals surface area (Å²) in [4.78, 5) is 11.2. The fourth-order valence-corrected chi connectivity index (χ4v) is 1.13. The van der Waals surface area contributed by atoms with Crippen molar-refractivity contribution in [3.05, 3.63) is 6.20 Å². The number of rotatable bonds is 0. The molecule has 0 fully saturated rings. The van der Waals surface area contributed by atoms with Crippen LogP contribution in [0.1, 0.15) is 0 Å². The topological polar surface area (TPSA) is 82.2 Å². The van der Waals surface area contributed by atoms with E-state index in [2.05, 4.69) is 10.4 Å². The Kier molecular flexibility index (Phi) is 1.70. The second kappa shape index (κ2) is 2.74. The molecule has 6 heteroatoms. The van der Waals surface area contributed by atoms with Crippen molar-refractivity contribution in [1.82, 2.24) is 9.78 Å². The van der Waals surface area contributed by atoms with Crippen molar-refractivity contribution >= 4 is 11.6 Å². The maximum atomic E-state index is 11.2. The molecule has 1 aliphatic heterocycles. The molecule has 0 spiro atoms. The molecule has 1 unspecified atom stereocenters. The van der Waals surface area contributed by atoms with Gasteiger partial charge in [-0.2, -0.15) is 0 Å². The van der Waals surface area contributed by atoms with Gasteiger partial charge in [-0.1, -0.05) is 0 Å². The van der Waals surface area contributed by atoms with Crippen LogP contribution < -0.4 is 15.8 Å². The highest BCUT2D eigenvalue weighted by atomic mass is 16.5. The average Bonchev–Trinajstić information content (AvgIpc) is 2.36. The normalized spacial score (nSPS) is 21.4. The van der Waals surface area contributed by atoms with E-state index in [1.54, 1.807) is 17.9 Å². The van der Waals surface area contributed by atoms with Gasteiger partial charge in [-0.15, -0.1) is 5.10 Å². The van der Waals surface area contributed by atoms with Crippen molar-refractivity contribution in [2.24, 2.45) is 12.8 Å². The zero-order chi connectivity index (χ0) is 9.42. The van der Waals surface area contributed by atoms with Gasteiger partial charge in [0.1, 0.15) is 18.3 Å². The molecular weight excluding hydrogens is 172 g/mol. The highest BCUT2D eigenvalue weighted by Crippen LogP contribution is 2.23. The number of ether oxygens (including phenoxy) is 1. The first-order valence-electron chi connectivity index (χ1n) is 3.89. The number of aromatic nitrogens is 2. The van der Waals surface area contributed by atoms with Gasteiger partial charge in [0.25, 0.3) is 5.88 Å². The Balaban J connectivity index is 2.33. The first-order valence-corrected chi connectivity index (χ1v) is 3.89. The molecule has 0 saturated carbocycles. The van der Waals surface area contributed by atoms with Gasteiger partial charge in [0.15, 0.2) is 0 Å². The number of aryl methyl sites for hydroxylation is 1. The minimum absolute atomic E-state index is 0.163. The van der Waals surface area contributed by atoms with Gasteiger partial charge < -0.3 is 15.8 Å². The third-order valence-electron chi connectivity index (χ3n) is 1.79. The van der Waals surface area contributed by atoms with E-state index in [4.69, 9.17) is 10.5 Å². The van der Waals surface area contributed by atoms with Crippen LogP contribution in [0.3, 0.4) is 0 Å². The smallest absolute Gasteiger partial charge is 0.256 e. The van der Waals surface area contributed by atoms with Crippen LogP contribution in [0.2, 0.25) is 0 Å². The standard InChI is InChI=1S/C7H10N4O2/c1-11-2-5-7(10-11)13-3-4(8)6(12)9-5/h2,4H,3,8H2,1H3,(H,9,12). The number of nitrogens with one attached hydrogen (secondary N) is 1. The van der Waals surface area contributed by atoms with Gasteiger partial charge in [-0.3, -0.25) is 9.48 Å². The third-order valence-corrected chi connectivity index (χ3v) is 1.79. The summed E-state index contributed by atoms with van der Waals surface area (Å²) in [6, 6.07) is -0.625. The number of amides is 1. The molecule has 0 saturated heterocycles. The van der Waals surface area contributed by atoms with Gasteiger partial charge in [0.05, 0.1) is 6.20 Å². The lowest BCUT2D eigenvalue weighted by Crippen LogP contribution is -2.38. The van der Waals surface area contributed by atoms with E-state index < -0.39 is 6.04 Å². The Hall–Kier alpha value is -1.56. The highest BCUT2D eigenvalue weighted by Gasteiger charge is 2.22. The molecule has 1 atom stereocenters. The van der Waals surface area contributed by atoms with Crippen LogP contribution in [0.5, 0.6) is 5.88 Å². The zero-order valence-electron chi connectivity index (χ0n) is 7.15. The lowest BCUT2D eigenvalue weighted by Gasteiger charge is -2.04. The van der Waals surface area contributed by atoms with Crippen molar-refractivity contribution in [2.75, 3.05) is 11.9 Å². The van der Waals surface area contributed by atoms with Gasteiger partial charge in [-0.05, 0) is 0 Å². The van der Waals surface area contributed by atoms with Crippen molar-refractivity contribution in [2.45, 2.75) is 6.04 Å². The second-order valence-electron chi connectivity index (χ2n) is 2.93. The number of hydrogen-bond donors (Lipinski definition) is 2. The first kappa shape index (κ1) is 8.06. The van der Waals surface area contributed by atoms with Crippen molar-refractivity contribution in [3.8, 4) is 5.88 Å². The Morgan fingerprint density at radius 2 is 2.62 bits per heavy atom. The van der Waals surface area contributed by atoms with Crippen LogP contribution in [-0.2, 0) is 11.8 Å². The fraction of sp³-hybridized carbons (Fsp3) is 0.429. The van der Waals surface area contributed by atoms with Crippen LogP contribution in [0.4, 0.5) is 5.69 Å². The Labute approximate surface area is 74.7 Å². The third kappa shape index (κ3) is 1.35. The summed E-state index contributed by atoms with van der Waals surface area (Å²) >= 11 is 0. The molecule has 70 valence electrons. The van der Waals surface area contributed by atoms with Crippen molar-refractivity contribution in [1.29, 1.82) is 0 Å². The van der Waals surface area contributed by atoms with Gasteiger partial charge >= 0.3 is 0 Å². The summed E-state index contributed by atoms with van der Waals surface area (Å²) in [6.45, 7) is 0.163. The molecule has 1 aliphatic rings. The van der Waals surface area contributed by atoms with Gasteiger partial charge in [0, 0.05) is 7.05 Å². The quantitative estimate of drug-likeness (QED) is 0.543. The molecule has 0 bridgehead atoms. The number of carbonyl (C=O) groups is 1. The molecule has 0 aliphatic carbocycles. The SMILES string of the molecule is Cn1cc2c(n1)OCC(N)C(=O)N2. The largest absolute Gasteiger partial charge is 0.473 e. The van der Waals surface area contributed by atoms with E-state index >= 15 is 0 Å². The molecule has 2 rings (SSSR count). The number of anilines is 1. The molecular formula is C7H10N4O2. The molecule has 6 nitrogen and oxygen atoms in total. The monoisotopic (exact) mass is 182 g/mol. The minimum Gasteiger partial charge on any atom is -0.473 e. The van der Waals surface area contributed by atoms with Crippen LogP contribution in [0.15, 0.2) is 6.20 Å². The second-order valence-corrected chi connectivity index (χ2v) is 2.93. The highest BCUT2D eigenvalue weighted by molar-refractivity contribution is 5.96. The van der Waals surface area contributed by atoms with Gasteiger partial charge in [-0.25, -0.2) is 0 Å². The Morgan fingerprint density at radius 3 is 3.38 bits per heavy atom. The summed E-state index contributed by atoms with van der Waals surface area (Å²) < 4.78 is 6.78. The number of nitrogens with zero attached hydrogens (tertiary/aromatic N) is 2. The lowest BCUT2D eigenvalue weighted by molar-refractivity contribution is -0.117. The van der Waals surface area contributed by atoms with Crippen LogP contribution in [0, 0.1) is 0 Å². The van der Waals surface area contributed by atoms with E-state index in [-0.39, 0.29) is 12.5 Å². The van der Waals surface area contributed by atoms with Crippen LogP contribution in [-0.4, -0.2) is 28.3 Å². The Morgan fingerprint density at radius 1 is 1.85 bits per heavy atom. The van der Waals surface area contributed by atoms with E-state index in [1.807, 2.05) is 0 Å². The van der Waals surface area contributed by atoms with Crippen LogP contribution in [0.25, 0.3) is 0 Å². The average molecular weight is 182 g/mol.